The molecule has 0 fully saturated rings. The van der Waals surface area contributed by atoms with E-state index < -0.39 is 11.2 Å². The van der Waals surface area contributed by atoms with Crippen LogP contribution in [-0.4, -0.2) is 35.2 Å². The minimum absolute atomic E-state index is 0.171. The van der Waals surface area contributed by atoms with Crippen molar-refractivity contribution < 1.29 is 9.53 Å². The van der Waals surface area contributed by atoms with Gasteiger partial charge in [0.15, 0.2) is 0 Å². The van der Waals surface area contributed by atoms with Gasteiger partial charge in [-0.1, -0.05) is 27.7 Å². The number of esters is 1. The molecule has 0 amide bonds. The van der Waals surface area contributed by atoms with Gasteiger partial charge in [0.1, 0.15) is 11.5 Å². The summed E-state index contributed by atoms with van der Waals surface area (Å²) in [4.78, 5) is 40.3. The molecule has 0 aliphatic heterocycles. The summed E-state index contributed by atoms with van der Waals surface area (Å²) in [6, 6.07) is 0. The van der Waals surface area contributed by atoms with Crippen molar-refractivity contribution >= 4 is 17.5 Å². The average Bonchev–Trinajstić information content (AvgIpc) is 2.50. The molecule has 0 saturated carbocycles. The Kier molecular flexibility index (Phi) is 8.41. The lowest BCUT2D eigenvalue weighted by molar-refractivity contribution is -0.143. The van der Waals surface area contributed by atoms with Crippen molar-refractivity contribution in [3.8, 4) is 0 Å². The van der Waals surface area contributed by atoms with Crippen LogP contribution in [0.15, 0.2) is 9.59 Å². The monoisotopic (exact) mass is 368 g/mol. The molecular weight excluding hydrogens is 336 g/mol. The van der Waals surface area contributed by atoms with E-state index in [1.165, 1.54) is 4.57 Å². The molecule has 0 aromatic carbocycles. The first-order valence-electron chi connectivity index (χ1n) is 9.20. The number of carbonyl (C=O) groups is 1. The Balaban J connectivity index is 3.15. The summed E-state index contributed by atoms with van der Waals surface area (Å²) in [5, 5.41) is 0. The number of hydrogen-bond acceptors (Lipinski definition) is 6. The Morgan fingerprint density at radius 1 is 1.23 bits per heavy atom. The van der Waals surface area contributed by atoms with Crippen molar-refractivity contribution in [1.29, 1.82) is 0 Å². The highest BCUT2D eigenvalue weighted by Gasteiger charge is 2.20. The standard InChI is InChI=1S/C18H32N4O4/c1-6-26-14(23)8-7-9-21(10-12(2)3)15-16(19)22(11-13(4)5)18(25)20-17(15)24/h12-13H,6-11,19H2,1-5H3,(H,20,24,25). The van der Waals surface area contributed by atoms with E-state index in [1.807, 2.05) is 32.6 Å². The van der Waals surface area contributed by atoms with Gasteiger partial charge in [-0.05, 0) is 25.2 Å². The molecule has 8 nitrogen and oxygen atoms in total. The molecule has 1 heterocycles. The van der Waals surface area contributed by atoms with Crippen LogP contribution in [0, 0.1) is 11.8 Å². The van der Waals surface area contributed by atoms with Crippen molar-refractivity contribution in [2.75, 3.05) is 30.3 Å². The van der Waals surface area contributed by atoms with Crippen LogP contribution >= 0.6 is 0 Å². The Hall–Kier alpha value is -2.25. The smallest absolute Gasteiger partial charge is 0.330 e. The first-order valence-corrected chi connectivity index (χ1v) is 9.20. The lowest BCUT2D eigenvalue weighted by Crippen LogP contribution is -2.40. The second kappa shape index (κ2) is 10.0. The van der Waals surface area contributed by atoms with Crippen molar-refractivity contribution in [3.63, 3.8) is 0 Å². The lowest BCUT2D eigenvalue weighted by Gasteiger charge is -2.28. The highest BCUT2D eigenvalue weighted by Crippen LogP contribution is 2.19. The minimum atomic E-state index is -0.499. The van der Waals surface area contributed by atoms with E-state index in [0.717, 1.165) is 0 Å². The zero-order chi connectivity index (χ0) is 19.9. The molecule has 1 aromatic heterocycles. The van der Waals surface area contributed by atoms with Crippen LogP contribution in [-0.2, 0) is 16.1 Å². The van der Waals surface area contributed by atoms with E-state index in [1.54, 1.807) is 6.92 Å². The Morgan fingerprint density at radius 3 is 2.42 bits per heavy atom. The van der Waals surface area contributed by atoms with Gasteiger partial charge in [-0.3, -0.25) is 19.1 Å². The molecule has 8 heteroatoms. The zero-order valence-electron chi connectivity index (χ0n) is 16.5. The van der Waals surface area contributed by atoms with Crippen LogP contribution in [0.25, 0.3) is 0 Å². The van der Waals surface area contributed by atoms with E-state index in [0.29, 0.717) is 38.3 Å². The molecule has 0 atom stereocenters. The van der Waals surface area contributed by atoms with Gasteiger partial charge in [-0.15, -0.1) is 0 Å². The third-order valence-electron chi connectivity index (χ3n) is 3.78. The van der Waals surface area contributed by atoms with Gasteiger partial charge in [-0.2, -0.15) is 0 Å². The molecule has 0 unspecified atom stereocenters. The van der Waals surface area contributed by atoms with Crippen molar-refractivity contribution in [1.82, 2.24) is 9.55 Å². The van der Waals surface area contributed by atoms with Crippen molar-refractivity contribution in [2.45, 2.75) is 54.0 Å². The highest BCUT2D eigenvalue weighted by molar-refractivity contribution is 5.69. The van der Waals surface area contributed by atoms with Crippen molar-refractivity contribution in [3.05, 3.63) is 20.8 Å². The number of nitrogens with one attached hydrogen (secondary N) is 1. The maximum absolute atomic E-state index is 12.4. The lowest BCUT2D eigenvalue weighted by atomic mass is 10.1. The summed E-state index contributed by atoms with van der Waals surface area (Å²) in [5.74, 6) is 0.394. The summed E-state index contributed by atoms with van der Waals surface area (Å²) in [6.45, 7) is 11.6. The molecule has 3 N–H and O–H groups in total. The number of carbonyl (C=O) groups excluding carboxylic acids is 1. The molecule has 26 heavy (non-hydrogen) atoms. The third-order valence-corrected chi connectivity index (χ3v) is 3.78. The zero-order valence-corrected chi connectivity index (χ0v) is 16.5. The number of aromatic amines is 1. The third kappa shape index (κ3) is 6.24. The number of hydrogen-bond donors (Lipinski definition) is 2. The van der Waals surface area contributed by atoms with E-state index in [2.05, 4.69) is 4.98 Å². The van der Waals surface area contributed by atoms with Crippen LogP contribution in [0.1, 0.15) is 47.5 Å². The maximum Gasteiger partial charge on any atom is 0.330 e. The van der Waals surface area contributed by atoms with Gasteiger partial charge < -0.3 is 15.4 Å². The van der Waals surface area contributed by atoms with Gasteiger partial charge in [0.25, 0.3) is 5.56 Å². The Morgan fingerprint density at radius 2 is 1.88 bits per heavy atom. The summed E-state index contributed by atoms with van der Waals surface area (Å²) in [7, 11) is 0. The van der Waals surface area contributed by atoms with Crippen molar-refractivity contribution in [2.24, 2.45) is 11.8 Å². The van der Waals surface area contributed by atoms with Crippen LogP contribution in [0.3, 0.4) is 0 Å². The van der Waals surface area contributed by atoms with Gasteiger partial charge in [-0.25, -0.2) is 4.79 Å². The summed E-state index contributed by atoms with van der Waals surface area (Å²) < 4.78 is 6.34. The predicted octanol–water partition coefficient (Wildman–Crippen LogP) is 1.58. The van der Waals surface area contributed by atoms with E-state index in [4.69, 9.17) is 10.5 Å². The Bertz CT molecular complexity index is 706. The van der Waals surface area contributed by atoms with Crippen LogP contribution in [0.4, 0.5) is 11.5 Å². The number of nitrogen functional groups attached to an aromatic ring is 1. The van der Waals surface area contributed by atoms with Crippen LogP contribution in [0.5, 0.6) is 0 Å². The number of H-pyrrole nitrogens is 1. The molecule has 0 spiro atoms. The molecular formula is C18H32N4O4. The molecule has 1 aromatic rings. The van der Waals surface area contributed by atoms with E-state index in [9.17, 15) is 14.4 Å². The molecule has 0 bridgehead atoms. The summed E-state index contributed by atoms with van der Waals surface area (Å²) in [6.07, 6.45) is 0.805. The Labute approximate surface area is 154 Å². The second-order valence-corrected chi connectivity index (χ2v) is 7.25. The predicted molar refractivity (Wildman–Crippen MR) is 103 cm³/mol. The maximum atomic E-state index is 12.4. The number of nitrogens with zero attached hydrogens (tertiary/aromatic N) is 2. The molecule has 0 aliphatic carbocycles. The van der Waals surface area contributed by atoms with Crippen LogP contribution in [0.2, 0.25) is 0 Å². The normalized spacial score (nSPS) is 11.2. The quantitative estimate of drug-likeness (QED) is 0.607. The molecule has 0 aliphatic rings. The fourth-order valence-electron chi connectivity index (χ4n) is 2.81. The molecule has 148 valence electrons. The van der Waals surface area contributed by atoms with E-state index in [-0.39, 0.29) is 30.0 Å². The van der Waals surface area contributed by atoms with Gasteiger partial charge in [0.2, 0.25) is 0 Å². The minimum Gasteiger partial charge on any atom is -0.466 e. The highest BCUT2D eigenvalue weighted by atomic mass is 16.5. The number of rotatable bonds is 10. The molecule has 1 rings (SSSR count). The SMILES string of the molecule is CCOC(=O)CCCN(CC(C)C)c1c(N)n(CC(C)C)c(=O)[nH]c1=O. The number of aromatic nitrogens is 2. The van der Waals surface area contributed by atoms with Gasteiger partial charge >= 0.3 is 11.7 Å². The summed E-state index contributed by atoms with van der Waals surface area (Å²) in [5.41, 5.74) is 5.50. The number of ether oxygens (including phenoxy) is 1. The topological polar surface area (TPSA) is 110 Å². The first-order chi connectivity index (χ1) is 12.2. The average molecular weight is 368 g/mol. The number of nitrogens with two attached hydrogens (primary N) is 1. The number of anilines is 2. The van der Waals surface area contributed by atoms with Crippen LogP contribution < -0.4 is 21.9 Å². The van der Waals surface area contributed by atoms with E-state index >= 15 is 0 Å². The first kappa shape index (κ1) is 21.8. The largest absolute Gasteiger partial charge is 0.466 e. The summed E-state index contributed by atoms with van der Waals surface area (Å²) >= 11 is 0. The fourth-order valence-corrected chi connectivity index (χ4v) is 2.81. The molecule has 0 saturated heterocycles. The van der Waals surface area contributed by atoms with Gasteiger partial charge in [0.05, 0.1) is 6.61 Å². The second-order valence-electron chi connectivity index (χ2n) is 7.25. The molecule has 0 radical (unpaired) electrons. The van der Waals surface area contributed by atoms with Gasteiger partial charge in [0, 0.05) is 26.1 Å². The fraction of sp³-hybridized carbons (Fsp3) is 0.722.